The van der Waals surface area contributed by atoms with Crippen molar-refractivity contribution in [2.45, 2.75) is 0 Å². The van der Waals surface area contributed by atoms with Gasteiger partial charge in [-0.2, -0.15) is 0 Å². The van der Waals surface area contributed by atoms with Crippen molar-refractivity contribution >= 4 is 28.3 Å². The Morgan fingerprint density at radius 2 is 2.17 bits per heavy atom. The van der Waals surface area contributed by atoms with E-state index in [0.29, 0.717) is 27.8 Å². The number of rotatable bonds is 5. The predicted octanol–water partition coefficient (Wildman–Crippen LogP) is 2.50. The summed E-state index contributed by atoms with van der Waals surface area (Å²) in [6.07, 6.45) is 1.64. The minimum atomic E-state index is -0.539. The molecule has 3 aromatic rings. The summed E-state index contributed by atoms with van der Waals surface area (Å²) in [6.45, 7) is 0. The zero-order valence-electron chi connectivity index (χ0n) is 12.7. The molecular weight excluding hydrogens is 328 g/mol. The van der Waals surface area contributed by atoms with Gasteiger partial charge in [-0.15, -0.1) is 11.3 Å². The summed E-state index contributed by atoms with van der Waals surface area (Å²) in [6, 6.07) is 8.46. The summed E-state index contributed by atoms with van der Waals surface area (Å²) < 4.78 is 5.10. The fraction of sp³-hybridized carbons (Fsp3) is 0.0625. The second-order valence-corrected chi connectivity index (χ2v) is 5.75. The van der Waals surface area contributed by atoms with Gasteiger partial charge in [0.25, 0.3) is 11.8 Å². The van der Waals surface area contributed by atoms with E-state index in [9.17, 15) is 9.59 Å². The number of anilines is 1. The number of carbonyl (C=O) groups excluding carboxylic acids is 2. The van der Waals surface area contributed by atoms with Gasteiger partial charge in [-0.25, -0.2) is 4.98 Å². The summed E-state index contributed by atoms with van der Waals surface area (Å²) >= 11 is 1.29. The van der Waals surface area contributed by atoms with Crippen LogP contribution in [0.3, 0.4) is 0 Å². The Labute approximate surface area is 141 Å². The molecular formula is C16H14N4O3S. The molecule has 0 spiro atoms. The largest absolute Gasteiger partial charge is 0.497 e. The van der Waals surface area contributed by atoms with Crippen LogP contribution in [0.4, 0.5) is 5.13 Å². The molecule has 0 saturated carbocycles. The Hall–Kier alpha value is -3.13. The summed E-state index contributed by atoms with van der Waals surface area (Å²) in [7, 11) is 1.54. The van der Waals surface area contributed by atoms with Crippen molar-refractivity contribution in [1.29, 1.82) is 0 Å². The lowest BCUT2D eigenvalue weighted by Gasteiger charge is -2.04. The summed E-state index contributed by atoms with van der Waals surface area (Å²) in [5.74, 6) is -0.210. The van der Waals surface area contributed by atoms with Gasteiger partial charge in [0.15, 0.2) is 5.13 Å². The van der Waals surface area contributed by atoms with Gasteiger partial charge in [-0.1, -0.05) is 6.07 Å². The van der Waals surface area contributed by atoms with Gasteiger partial charge in [-0.05, 0) is 24.3 Å². The number of H-pyrrole nitrogens is 1. The first-order valence-corrected chi connectivity index (χ1v) is 7.84. The predicted molar refractivity (Wildman–Crippen MR) is 91.4 cm³/mol. The Morgan fingerprint density at radius 1 is 1.33 bits per heavy atom. The monoisotopic (exact) mass is 342 g/mol. The van der Waals surface area contributed by atoms with E-state index < -0.39 is 5.91 Å². The molecule has 0 fully saturated rings. The lowest BCUT2D eigenvalue weighted by atomic mass is 10.2. The maximum Gasteiger partial charge on any atom is 0.265 e. The van der Waals surface area contributed by atoms with Crippen LogP contribution in [0, 0.1) is 0 Å². The summed E-state index contributed by atoms with van der Waals surface area (Å²) in [5, 5.41) is 4.99. The van der Waals surface area contributed by atoms with Gasteiger partial charge in [0.2, 0.25) is 0 Å². The SMILES string of the molecule is COc1cccc(C(=O)Nc2nc(-c3c[nH]c(C(N)=O)c3)cs2)c1. The highest BCUT2D eigenvalue weighted by atomic mass is 32.1. The van der Waals surface area contributed by atoms with Crippen LogP contribution in [0.5, 0.6) is 5.75 Å². The van der Waals surface area contributed by atoms with Crippen molar-refractivity contribution in [3.05, 3.63) is 53.2 Å². The number of primary amides is 1. The highest BCUT2D eigenvalue weighted by Crippen LogP contribution is 2.26. The lowest BCUT2D eigenvalue weighted by Crippen LogP contribution is -2.11. The van der Waals surface area contributed by atoms with E-state index >= 15 is 0 Å². The van der Waals surface area contributed by atoms with Gasteiger partial charge in [-0.3, -0.25) is 14.9 Å². The normalized spacial score (nSPS) is 10.4. The number of methoxy groups -OCH3 is 1. The molecule has 7 nitrogen and oxygen atoms in total. The van der Waals surface area contributed by atoms with Gasteiger partial charge in [0.05, 0.1) is 12.8 Å². The third-order valence-corrected chi connectivity index (χ3v) is 4.06. The Kier molecular flexibility index (Phi) is 4.30. The molecule has 0 bridgehead atoms. The van der Waals surface area contributed by atoms with Crippen LogP contribution in [0.25, 0.3) is 11.3 Å². The van der Waals surface area contributed by atoms with Crippen molar-refractivity contribution in [3.63, 3.8) is 0 Å². The van der Waals surface area contributed by atoms with Crippen LogP contribution < -0.4 is 15.8 Å². The van der Waals surface area contributed by atoms with E-state index in [-0.39, 0.29) is 5.91 Å². The van der Waals surface area contributed by atoms with Crippen LogP contribution >= 0.6 is 11.3 Å². The van der Waals surface area contributed by atoms with Gasteiger partial charge in [0.1, 0.15) is 11.4 Å². The first-order chi connectivity index (χ1) is 11.6. The smallest absolute Gasteiger partial charge is 0.265 e. The number of ether oxygens (including phenoxy) is 1. The number of nitrogens with two attached hydrogens (primary N) is 1. The van der Waals surface area contributed by atoms with E-state index in [1.807, 2.05) is 0 Å². The Bertz CT molecular complexity index is 900. The molecule has 2 heterocycles. The molecule has 2 aromatic heterocycles. The average Bonchev–Trinajstić information content (AvgIpc) is 3.24. The van der Waals surface area contributed by atoms with Crippen LogP contribution in [-0.4, -0.2) is 28.9 Å². The number of nitrogens with one attached hydrogen (secondary N) is 2. The number of aromatic nitrogens is 2. The number of benzene rings is 1. The number of thiazole rings is 1. The van der Waals surface area contributed by atoms with Crippen molar-refractivity contribution < 1.29 is 14.3 Å². The Balaban J connectivity index is 1.75. The van der Waals surface area contributed by atoms with Crippen molar-refractivity contribution in [2.75, 3.05) is 12.4 Å². The molecule has 122 valence electrons. The number of hydrogen-bond acceptors (Lipinski definition) is 5. The molecule has 0 aliphatic rings. The molecule has 24 heavy (non-hydrogen) atoms. The molecule has 4 N–H and O–H groups in total. The van der Waals surface area contributed by atoms with Crippen molar-refractivity contribution in [1.82, 2.24) is 9.97 Å². The molecule has 0 aliphatic carbocycles. The molecule has 1 aromatic carbocycles. The third kappa shape index (κ3) is 3.28. The molecule has 2 amide bonds. The number of nitrogens with zero attached hydrogens (tertiary/aromatic N) is 1. The second-order valence-electron chi connectivity index (χ2n) is 4.89. The minimum Gasteiger partial charge on any atom is -0.497 e. The Morgan fingerprint density at radius 3 is 2.88 bits per heavy atom. The molecule has 0 unspecified atom stereocenters. The third-order valence-electron chi connectivity index (χ3n) is 3.30. The molecule has 0 saturated heterocycles. The van der Waals surface area contributed by atoms with Crippen LogP contribution in [0.2, 0.25) is 0 Å². The maximum atomic E-state index is 12.3. The second kappa shape index (κ2) is 6.55. The van der Waals surface area contributed by atoms with E-state index in [2.05, 4.69) is 15.3 Å². The number of amides is 2. The molecule has 0 aliphatic heterocycles. The quantitative estimate of drug-likeness (QED) is 0.661. The van der Waals surface area contributed by atoms with Crippen molar-refractivity contribution in [3.8, 4) is 17.0 Å². The van der Waals surface area contributed by atoms with E-state index in [4.69, 9.17) is 10.5 Å². The summed E-state index contributed by atoms with van der Waals surface area (Å²) in [5.41, 5.74) is 7.36. The summed E-state index contributed by atoms with van der Waals surface area (Å²) in [4.78, 5) is 30.5. The maximum absolute atomic E-state index is 12.3. The molecule has 8 heteroatoms. The van der Waals surface area contributed by atoms with E-state index in [1.165, 1.54) is 11.3 Å². The number of carbonyl (C=O) groups is 2. The fourth-order valence-electron chi connectivity index (χ4n) is 2.08. The van der Waals surface area contributed by atoms with E-state index in [0.717, 1.165) is 5.56 Å². The lowest BCUT2D eigenvalue weighted by molar-refractivity contribution is 0.0994. The van der Waals surface area contributed by atoms with Crippen LogP contribution in [-0.2, 0) is 0 Å². The molecule has 0 radical (unpaired) electrons. The van der Waals surface area contributed by atoms with Gasteiger partial charge in [0, 0.05) is 22.7 Å². The minimum absolute atomic E-state index is 0.276. The first-order valence-electron chi connectivity index (χ1n) is 6.96. The van der Waals surface area contributed by atoms with E-state index in [1.54, 1.807) is 49.0 Å². The molecule has 0 atom stereocenters. The van der Waals surface area contributed by atoms with Crippen LogP contribution in [0.1, 0.15) is 20.8 Å². The number of aromatic amines is 1. The fourth-order valence-corrected chi connectivity index (χ4v) is 2.80. The highest BCUT2D eigenvalue weighted by Gasteiger charge is 2.12. The van der Waals surface area contributed by atoms with Crippen LogP contribution in [0.15, 0.2) is 41.9 Å². The highest BCUT2D eigenvalue weighted by molar-refractivity contribution is 7.14. The van der Waals surface area contributed by atoms with Gasteiger partial charge >= 0.3 is 0 Å². The average molecular weight is 342 g/mol. The van der Waals surface area contributed by atoms with Gasteiger partial charge < -0.3 is 15.5 Å². The topological polar surface area (TPSA) is 110 Å². The molecule has 3 rings (SSSR count). The zero-order chi connectivity index (χ0) is 17.1. The standard InChI is InChI=1S/C16H14N4O3S/c1-23-11-4-2-3-9(5-11)15(22)20-16-19-13(8-24-16)10-6-12(14(17)21)18-7-10/h2-8,18H,1H3,(H2,17,21)(H,19,20,22). The zero-order valence-corrected chi connectivity index (χ0v) is 13.5. The van der Waals surface area contributed by atoms with Crippen molar-refractivity contribution in [2.24, 2.45) is 5.73 Å². The first kappa shape index (κ1) is 15.8. The number of hydrogen-bond donors (Lipinski definition) is 3.